The van der Waals surface area contributed by atoms with Gasteiger partial charge in [0.25, 0.3) is 0 Å². The van der Waals surface area contributed by atoms with Gasteiger partial charge in [-0.05, 0) is 12.8 Å². The molecule has 0 aliphatic heterocycles. The molecule has 0 aromatic heterocycles. The van der Waals surface area contributed by atoms with Crippen LogP contribution in [-0.2, 0) is 6.54 Å². The summed E-state index contributed by atoms with van der Waals surface area (Å²) in [6.07, 6.45) is -0.486. The fourth-order valence-corrected chi connectivity index (χ4v) is 2.11. The van der Waals surface area contributed by atoms with Crippen molar-refractivity contribution in [3.63, 3.8) is 0 Å². The van der Waals surface area contributed by atoms with Gasteiger partial charge in [-0.1, -0.05) is 36.4 Å². The van der Waals surface area contributed by atoms with Crippen molar-refractivity contribution in [3.05, 3.63) is 53.8 Å². The zero-order valence-electron chi connectivity index (χ0n) is 12.4. The zero-order valence-corrected chi connectivity index (χ0v) is 12.4. The fraction of sp³-hybridized carbons (Fsp3) is 0.438. The summed E-state index contributed by atoms with van der Waals surface area (Å²) in [7, 11) is 0. The minimum Gasteiger partial charge on any atom is -0.624 e. The summed E-state index contributed by atoms with van der Waals surface area (Å²) < 4.78 is 0.489. The van der Waals surface area contributed by atoms with Crippen LogP contribution in [0.3, 0.4) is 0 Å². The van der Waals surface area contributed by atoms with Crippen molar-refractivity contribution in [3.8, 4) is 0 Å². The Balaban J connectivity index is 2.86. The van der Waals surface area contributed by atoms with E-state index >= 15 is 0 Å². The molecule has 0 bridgehead atoms. The molecule has 0 aliphatic carbocycles. The van der Waals surface area contributed by atoms with Crippen LogP contribution in [0.15, 0.2) is 43.0 Å². The molecule has 0 fully saturated rings. The van der Waals surface area contributed by atoms with E-state index in [0.29, 0.717) is 11.2 Å². The van der Waals surface area contributed by atoms with Gasteiger partial charge in [0, 0.05) is 5.56 Å². The minimum absolute atomic E-state index is 0.00462. The molecule has 0 aliphatic rings. The van der Waals surface area contributed by atoms with E-state index in [1.165, 1.54) is 6.08 Å². The first-order valence-electron chi connectivity index (χ1n) is 7.07. The first kappa shape index (κ1) is 18.3. The highest BCUT2D eigenvalue weighted by molar-refractivity contribution is 5.60. The zero-order chi connectivity index (χ0) is 16.6. The molecule has 6 heteroatoms. The van der Waals surface area contributed by atoms with Crippen LogP contribution in [-0.4, -0.2) is 55.8 Å². The van der Waals surface area contributed by atoms with Crippen LogP contribution in [0.5, 0.6) is 0 Å². The Morgan fingerprint density at radius 3 is 2.45 bits per heavy atom. The minimum atomic E-state index is -2.01. The lowest BCUT2D eigenvalue weighted by Crippen LogP contribution is -2.55. The van der Waals surface area contributed by atoms with Crippen LogP contribution in [0.2, 0.25) is 0 Å². The van der Waals surface area contributed by atoms with Crippen molar-refractivity contribution < 1.29 is 25.2 Å². The van der Waals surface area contributed by atoms with Gasteiger partial charge in [-0.2, -0.15) is 0 Å². The van der Waals surface area contributed by atoms with Crippen LogP contribution in [0.4, 0.5) is 0 Å². The van der Waals surface area contributed by atoms with Crippen molar-refractivity contribution >= 4 is 6.21 Å². The van der Waals surface area contributed by atoms with E-state index < -0.39 is 24.4 Å². The van der Waals surface area contributed by atoms with Gasteiger partial charge < -0.3 is 25.6 Å². The predicted molar refractivity (Wildman–Crippen MR) is 83.3 cm³/mol. The smallest absolute Gasteiger partial charge is 0.183 e. The number of hydroxylamine groups is 1. The first-order chi connectivity index (χ1) is 10.4. The molecule has 1 aromatic carbocycles. The fourth-order valence-electron chi connectivity index (χ4n) is 2.11. The Morgan fingerprint density at radius 2 is 1.91 bits per heavy atom. The second kappa shape index (κ2) is 8.65. The normalized spacial score (nSPS) is 17.5. The lowest BCUT2D eigenvalue weighted by molar-refractivity contribution is -0.473. The summed E-state index contributed by atoms with van der Waals surface area (Å²) in [5.41, 5.74) is -1.26. The second-order valence-corrected chi connectivity index (χ2v) is 5.17. The Morgan fingerprint density at radius 1 is 1.27 bits per heavy atom. The molecule has 1 aromatic rings. The second-order valence-electron chi connectivity index (χ2n) is 5.17. The van der Waals surface area contributed by atoms with Crippen molar-refractivity contribution in [2.45, 2.75) is 37.2 Å². The molecule has 6 nitrogen and oxygen atoms in total. The Kier molecular flexibility index (Phi) is 7.20. The van der Waals surface area contributed by atoms with Gasteiger partial charge in [-0.3, -0.25) is 0 Å². The maximum absolute atomic E-state index is 11.9. The quantitative estimate of drug-likeness (QED) is 0.171. The summed E-state index contributed by atoms with van der Waals surface area (Å²) >= 11 is 0. The van der Waals surface area contributed by atoms with E-state index in [1.54, 1.807) is 24.3 Å². The molecule has 0 saturated heterocycles. The highest BCUT2D eigenvalue weighted by atomic mass is 16.5. The van der Waals surface area contributed by atoms with Gasteiger partial charge in [-0.15, -0.1) is 6.58 Å². The molecule has 0 spiro atoms. The van der Waals surface area contributed by atoms with E-state index in [2.05, 4.69) is 6.58 Å². The van der Waals surface area contributed by atoms with E-state index in [4.69, 9.17) is 5.11 Å². The average molecular weight is 309 g/mol. The van der Waals surface area contributed by atoms with Crippen LogP contribution < -0.4 is 0 Å². The number of aliphatic hydroxyl groups excluding tert-OH is 3. The summed E-state index contributed by atoms with van der Waals surface area (Å²) in [6.45, 7) is 2.78. The van der Waals surface area contributed by atoms with Gasteiger partial charge in [-0.25, -0.2) is 4.74 Å². The number of benzene rings is 1. The van der Waals surface area contributed by atoms with Crippen molar-refractivity contribution in [1.82, 2.24) is 0 Å². The Bertz CT molecular complexity index is 491. The molecule has 0 amide bonds. The Labute approximate surface area is 129 Å². The topological polar surface area (TPSA) is 107 Å². The number of hydrogen-bond donors (Lipinski definition) is 4. The molecule has 3 atom stereocenters. The number of allylic oxidation sites excluding steroid dienone is 1. The van der Waals surface area contributed by atoms with Gasteiger partial charge in [0.05, 0.1) is 6.61 Å². The standard InChI is InChI=1S/C16H23NO5/c1-2-3-9-16(21,15(20)12-18)14(19)11-17(22)10-13-7-5-4-6-8-13/h2,4-8,11,14-15,18-21H,1,3,9-10,12H2/b17-11-/t14-,15+,16+/m0/s1. The molecule has 0 heterocycles. The maximum atomic E-state index is 11.9. The number of nitrogens with zero attached hydrogens (tertiary/aromatic N) is 1. The van der Waals surface area contributed by atoms with Crippen molar-refractivity contribution in [2.24, 2.45) is 0 Å². The monoisotopic (exact) mass is 309 g/mol. The number of aliphatic hydroxyl groups is 4. The van der Waals surface area contributed by atoms with Gasteiger partial charge in [0.15, 0.2) is 18.9 Å². The molecule has 1 rings (SSSR count). The molecular formula is C16H23NO5. The third-order valence-corrected chi connectivity index (χ3v) is 3.50. The number of hydrogen-bond acceptors (Lipinski definition) is 5. The first-order valence-corrected chi connectivity index (χ1v) is 7.07. The van der Waals surface area contributed by atoms with Crippen LogP contribution in [0.25, 0.3) is 0 Å². The summed E-state index contributed by atoms with van der Waals surface area (Å²) in [4.78, 5) is 0. The van der Waals surface area contributed by atoms with Crippen molar-refractivity contribution in [2.75, 3.05) is 6.61 Å². The van der Waals surface area contributed by atoms with Crippen molar-refractivity contribution in [1.29, 1.82) is 0 Å². The van der Waals surface area contributed by atoms with E-state index in [1.807, 2.05) is 6.07 Å². The average Bonchev–Trinajstić information content (AvgIpc) is 2.52. The molecular weight excluding hydrogens is 286 g/mol. The predicted octanol–water partition coefficient (Wildman–Crippen LogP) is 0.179. The summed E-state index contributed by atoms with van der Waals surface area (Å²) in [5, 5.41) is 51.1. The molecule has 122 valence electrons. The van der Waals surface area contributed by atoms with Gasteiger partial charge in [0.2, 0.25) is 0 Å². The van der Waals surface area contributed by atoms with Gasteiger partial charge >= 0.3 is 0 Å². The third-order valence-electron chi connectivity index (χ3n) is 3.50. The van der Waals surface area contributed by atoms with Crippen LogP contribution in [0.1, 0.15) is 18.4 Å². The lowest BCUT2D eigenvalue weighted by atomic mass is 9.86. The highest BCUT2D eigenvalue weighted by Crippen LogP contribution is 2.22. The van der Waals surface area contributed by atoms with Crippen LogP contribution >= 0.6 is 0 Å². The Hall–Kier alpha value is -1.73. The molecule has 0 saturated carbocycles. The van der Waals surface area contributed by atoms with Crippen LogP contribution in [0, 0.1) is 5.21 Å². The van der Waals surface area contributed by atoms with E-state index in [9.17, 15) is 20.5 Å². The highest BCUT2D eigenvalue weighted by Gasteiger charge is 2.42. The maximum Gasteiger partial charge on any atom is 0.183 e. The van der Waals surface area contributed by atoms with E-state index in [-0.39, 0.29) is 13.0 Å². The summed E-state index contributed by atoms with van der Waals surface area (Å²) in [6, 6.07) is 8.92. The number of rotatable bonds is 9. The van der Waals surface area contributed by atoms with E-state index in [0.717, 1.165) is 11.8 Å². The largest absolute Gasteiger partial charge is 0.624 e. The summed E-state index contributed by atoms with van der Waals surface area (Å²) in [5.74, 6) is 0. The molecule has 0 unspecified atom stereocenters. The van der Waals surface area contributed by atoms with Gasteiger partial charge in [0.1, 0.15) is 11.7 Å². The SMILES string of the molecule is C=CCC[C@](O)([C@H](O)CO)[C@@H](O)/C=[N+](\[O-])Cc1ccccc1. The molecule has 4 N–H and O–H groups in total. The molecule has 0 radical (unpaired) electrons. The molecule has 22 heavy (non-hydrogen) atoms. The third kappa shape index (κ3) is 4.92. The lowest BCUT2D eigenvalue weighted by Gasteiger charge is -2.33.